The first-order chi connectivity index (χ1) is 9.63. The quantitative estimate of drug-likeness (QED) is 0.793. The van der Waals surface area contributed by atoms with Gasteiger partial charge >= 0.3 is 0 Å². The number of methoxy groups -OCH3 is 1. The fourth-order valence-electron chi connectivity index (χ4n) is 1.53. The van der Waals surface area contributed by atoms with E-state index in [0.29, 0.717) is 26.3 Å². The average Bonchev–Trinajstić information content (AvgIpc) is 2.91. The van der Waals surface area contributed by atoms with Crippen molar-refractivity contribution in [1.82, 2.24) is 0 Å². The summed E-state index contributed by atoms with van der Waals surface area (Å²) in [5.74, 6) is 0.678. The highest BCUT2D eigenvalue weighted by molar-refractivity contribution is 7.18. The van der Waals surface area contributed by atoms with E-state index in [1.165, 1.54) is 18.4 Å². The van der Waals surface area contributed by atoms with Crippen molar-refractivity contribution in [2.75, 3.05) is 13.7 Å². The van der Waals surface area contributed by atoms with Gasteiger partial charge in [0.2, 0.25) is 5.78 Å². The van der Waals surface area contributed by atoms with E-state index in [0.717, 1.165) is 0 Å². The van der Waals surface area contributed by atoms with E-state index in [-0.39, 0.29) is 12.4 Å². The van der Waals surface area contributed by atoms with Crippen LogP contribution in [0.2, 0.25) is 4.34 Å². The van der Waals surface area contributed by atoms with Crippen LogP contribution in [0.3, 0.4) is 0 Å². The van der Waals surface area contributed by atoms with Crippen LogP contribution >= 0.6 is 22.9 Å². The molecule has 0 atom stereocenters. The number of carbonyl (C=O) groups is 1. The van der Waals surface area contributed by atoms with Crippen molar-refractivity contribution in [2.24, 2.45) is 0 Å². The molecule has 0 aliphatic heterocycles. The van der Waals surface area contributed by atoms with Crippen LogP contribution in [-0.4, -0.2) is 19.5 Å². The molecule has 0 spiro atoms. The van der Waals surface area contributed by atoms with Gasteiger partial charge in [0, 0.05) is 6.07 Å². The van der Waals surface area contributed by atoms with Crippen molar-refractivity contribution >= 4 is 28.7 Å². The van der Waals surface area contributed by atoms with Gasteiger partial charge in [0.25, 0.3) is 0 Å². The molecule has 6 heteroatoms. The van der Waals surface area contributed by atoms with Gasteiger partial charge in [0.1, 0.15) is 0 Å². The Morgan fingerprint density at radius 1 is 1.35 bits per heavy atom. The lowest BCUT2D eigenvalue weighted by atomic mass is 10.2. The van der Waals surface area contributed by atoms with Gasteiger partial charge in [-0.05, 0) is 24.3 Å². The van der Waals surface area contributed by atoms with Crippen molar-refractivity contribution in [2.45, 2.75) is 0 Å². The maximum Gasteiger partial charge on any atom is 0.210 e. The van der Waals surface area contributed by atoms with E-state index >= 15 is 0 Å². The first-order valence-corrected chi connectivity index (χ1v) is 6.83. The van der Waals surface area contributed by atoms with E-state index < -0.39 is 0 Å². The van der Waals surface area contributed by atoms with Gasteiger partial charge in [0.05, 0.1) is 28.0 Å². The maximum absolute atomic E-state index is 11.9. The molecule has 0 aliphatic carbocycles. The molecule has 0 fully saturated rings. The smallest absolute Gasteiger partial charge is 0.210 e. The van der Waals surface area contributed by atoms with Gasteiger partial charge < -0.3 is 9.47 Å². The van der Waals surface area contributed by atoms with Crippen LogP contribution in [0.25, 0.3) is 0 Å². The molecule has 0 N–H and O–H groups in total. The van der Waals surface area contributed by atoms with Crippen LogP contribution in [0.1, 0.15) is 15.2 Å². The lowest BCUT2D eigenvalue weighted by molar-refractivity contribution is 0.0923. The minimum atomic E-state index is -0.159. The van der Waals surface area contributed by atoms with Crippen molar-refractivity contribution in [1.29, 1.82) is 5.26 Å². The van der Waals surface area contributed by atoms with Gasteiger partial charge in [-0.25, -0.2) is 0 Å². The number of halogens is 1. The number of ketones is 1. The van der Waals surface area contributed by atoms with Gasteiger partial charge in [-0.2, -0.15) is 5.26 Å². The molecule has 0 unspecified atom stereocenters. The fourth-order valence-corrected chi connectivity index (χ4v) is 2.50. The number of rotatable bonds is 5. The first kappa shape index (κ1) is 14.4. The Morgan fingerprint density at radius 3 is 2.75 bits per heavy atom. The summed E-state index contributed by atoms with van der Waals surface area (Å²) in [6, 6.07) is 10.1. The van der Waals surface area contributed by atoms with E-state index in [2.05, 4.69) is 0 Å². The molecule has 0 amide bonds. The van der Waals surface area contributed by atoms with Crippen molar-refractivity contribution in [3.8, 4) is 17.6 Å². The van der Waals surface area contributed by atoms with Crippen molar-refractivity contribution in [3.05, 3.63) is 45.1 Å². The van der Waals surface area contributed by atoms with Crippen molar-refractivity contribution in [3.63, 3.8) is 0 Å². The number of benzene rings is 1. The number of carbonyl (C=O) groups excluding carboxylic acids is 1. The van der Waals surface area contributed by atoms with E-state index in [4.69, 9.17) is 26.3 Å². The summed E-state index contributed by atoms with van der Waals surface area (Å²) in [6.07, 6.45) is 0. The zero-order chi connectivity index (χ0) is 14.5. The van der Waals surface area contributed by atoms with Gasteiger partial charge in [-0.3, -0.25) is 4.79 Å². The van der Waals surface area contributed by atoms with Crippen LogP contribution in [0.5, 0.6) is 11.5 Å². The summed E-state index contributed by atoms with van der Waals surface area (Å²) in [7, 11) is 1.48. The predicted molar refractivity (Wildman–Crippen MR) is 76.9 cm³/mol. The van der Waals surface area contributed by atoms with Gasteiger partial charge in [-0.1, -0.05) is 11.6 Å². The van der Waals surface area contributed by atoms with Gasteiger partial charge in [0.15, 0.2) is 18.1 Å². The first-order valence-electron chi connectivity index (χ1n) is 5.63. The lowest BCUT2D eigenvalue weighted by Crippen LogP contribution is -2.10. The highest BCUT2D eigenvalue weighted by Crippen LogP contribution is 2.28. The molecule has 0 bridgehead atoms. The zero-order valence-electron chi connectivity index (χ0n) is 10.6. The Kier molecular flexibility index (Phi) is 4.61. The fraction of sp³-hybridized carbons (Fsp3) is 0.143. The molecule has 1 heterocycles. The molecular formula is C14H10ClNO3S. The second-order valence-electron chi connectivity index (χ2n) is 3.79. The summed E-state index contributed by atoms with van der Waals surface area (Å²) in [4.78, 5) is 12.4. The van der Waals surface area contributed by atoms with E-state index in [1.54, 1.807) is 30.3 Å². The predicted octanol–water partition coefficient (Wildman–Crippen LogP) is 3.54. The zero-order valence-corrected chi connectivity index (χ0v) is 12.1. The molecule has 4 nitrogen and oxygen atoms in total. The van der Waals surface area contributed by atoms with Crippen LogP contribution < -0.4 is 9.47 Å². The topological polar surface area (TPSA) is 59.3 Å². The molecule has 20 heavy (non-hydrogen) atoms. The molecule has 2 aromatic rings. The van der Waals surface area contributed by atoms with E-state index in [9.17, 15) is 4.79 Å². The Balaban J connectivity index is 2.07. The number of hydrogen-bond donors (Lipinski definition) is 0. The molecule has 102 valence electrons. The molecule has 1 aromatic carbocycles. The molecule has 2 rings (SSSR count). The minimum Gasteiger partial charge on any atom is -0.493 e. The van der Waals surface area contributed by atoms with E-state index in [1.807, 2.05) is 6.07 Å². The number of ether oxygens (including phenoxy) is 2. The third-order valence-corrected chi connectivity index (χ3v) is 3.77. The third-order valence-electron chi connectivity index (χ3n) is 2.50. The number of nitrogens with zero attached hydrogens (tertiary/aromatic N) is 1. The normalized spacial score (nSPS) is 9.85. The number of nitriles is 1. The Labute approximate surface area is 125 Å². The second kappa shape index (κ2) is 6.42. The summed E-state index contributed by atoms with van der Waals surface area (Å²) >= 11 is 6.99. The van der Waals surface area contributed by atoms with Gasteiger partial charge in [-0.15, -0.1) is 11.3 Å². The molecule has 0 saturated heterocycles. The van der Waals surface area contributed by atoms with Crippen LogP contribution in [0, 0.1) is 11.3 Å². The van der Waals surface area contributed by atoms with Crippen LogP contribution in [-0.2, 0) is 0 Å². The van der Waals surface area contributed by atoms with Crippen LogP contribution in [0.4, 0.5) is 0 Å². The lowest BCUT2D eigenvalue weighted by Gasteiger charge is -2.09. The number of Topliss-reactive ketones (excluding diaryl/α,β-unsaturated/α-hetero) is 1. The maximum atomic E-state index is 11.9. The Hall–Kier alpha value is -2.03. The summed E-state index contributed by atoms with van der Waals surface area (Å²) in [5.41, 5.74) is 0.463. The highest BCUT2D eigenvalue weighted by atomic mass is 35.5. The molecule has 0 radical (unpaired) electrons. The monoisotopic (exact) mass is 307 g/mol. The number of hydrogen-bond acceptors (Lipinski definition) is 5. The Bertz CT molecular complexity index is 675. The highest BCUT2D eigenvalue weighted by Gasteiger charge is 2.12. The molecule has 1 aromatic heterocycles. The summed E-state index contributed by atoms with van der Waals surface area (Å²) < 4.78 is 11.1. The average molecular weight is 308 g/mol. The second-order valence-corrected chi connectivity index (χ2v) is 5.51. The SMILES string of the molecule is COc1cc(C#N)ccc1OCC(=O)c1ccc(Cl)s1. The molecular weight excluding hydrogens is 298 g/mol. The van der Waals surface area contributed by atoms with Crippen LogP contribution in [0.15, 0.2) is 30.3 Å². The standard InChI is InChI=1S/C14H10ClNO3S/c1-18-12-6-9(7-16)2-3-11(12)19-8-10(17)13-4-5-14(15)20-13/h2-6H,8H2,1H3. The molecule has 0 aliphatic rings. The van der Waals surface area contributed by atoms with Crippen molar-refractivity contribution < 1.29 is 14.3 Å². The largest absolute Gasteiger partial charge is 0.493 e. The Morgan fingerprint density at radius 2 is 2.15 bits per heavy atom. The molecule has 0 saturated carbocycles. The summed E-state index contributed by atoms with van der Waals surface area (Å²) in [6.45, 7) is -0.112. The number of thiophene rings is 1. The minimum absolute atomic E-state index is 0.112. The summed E-state index contributed by atoms with van der Waals surface area (Å²) in [5, 5.41) is 8.81. The third kappa shape index (κ3) is 3.29.